The summed E-state index contributed by atoms with van der Waals surface area (Å²) in [5.74, 6) is -0.272. The first kappa shape index (κ1) is 29.8. The van der Waals surface area contributed by atoms with Crippen molar-refractivity contribution in [3.05, 3.63) is 105 Å². The first-order valence-electron chi connectivity index (χ1n) is 14.5. The van der Waals surface area contributed by atoms with Crippen LogP contribution in [-0.4, -0.2) is 21.8 Å². The van der Waals surface area contributed by atoms with Crippen molar-refractivity contribution in [1.82, 2.24) is 9.55 Å². The fraction of sp³-hybridized carbons (Fsp3) is 0.314. The molecule has 0 amide bonds. The minimum Gasteiger partial charge on any atom is -0.493 e. The zero-order chi connectivity index (χ0) is 31.6. The van der Waals surface area contributed by atoms with E-state index in [4.69, 9.17) is 14.5 Å². The van der Waals surface area contributed by atoms with E-state index in [-0.39, 0.29) is 18.2 Å². The van der Waals surface area contributed by atoms with Gasteiger partial charge in [0.15, 0.2) is 0 Å². The lowest BCUT2D eigenvalue weighted by atomic mass is 9.87. The average Bonchev–Trinajstić information content (AvgIpc) is 2.93. The number of alkyl halides is 3. The van der Waals surface area contributed by atoms with Crippen LogP contribution in [0.4, 0.5) is 17.6 Å². The molecular formula is C35H32F4N2O3. The number of halogens is 4. The van der Waals surface area contributed by atoms with E-state index in [1.165, 1.54) is 10.6 Å². The minimum absolute atomic E-state index is 0.0278. The standard InChI is InChI=1S/C35H32F4N2O3/c1-19-14-27-25(7-9-29(42)41(27)18-21-15-23(35(37,38)39)17-24(36)16-21)32(30(19)20(2)44-34(3,4)5)26-6-8-28-31-22(11-13-43-28)10-12-40-33(26)31/h6-10,12,14-17,20H,11,13,18H2,1-5H3. The molecule has 1 atom stereocenters. The lowest BCUT2D eigenvalue weighted by molar-refractivity contribution is -0.137. The molecule has 6 rings (SSSR count). The van der Waals surface area contributed by atoms with Crippen LogP contribution in [0.25, 0.3) is 32.9 Å². The molecule has 1 aliphatic heterocycles. The summed E-state index contributed by atoms with van der Waals surface area (Å²) in [6.45, 7) is 10.2. The second-order valence-corrected chi connectivity index (χ2v) is 12.3. The molecule has 5 nitrogen and oxygen atoms in total. The summed E-state index contributed by atoms with van der Waals surface area (Å²) in [5.41, 5.74) is 3.77. The molecule has 1 aliphatic rings. The lowest BCUT2D eigenvalue weighted by Crippen LogP contribution is -2.23. The number of nitrogens with zero attached hydrogens (tertiary/aromatic N) is 2. The molecule has 2 aromatic heterocycles. The molecule has 3 aromatic carbocycles. The Labute approximate surface area is 252 Å². The number of aryl methyl sites for hydroxylation is 1. The first-order chi connectivity index (χ1) is 20.7. The van der Waals surface area contributed by atoms with Crippen LogP contribution in [0.3, 0.4) is 0 Å². The van der Waals surface area contributed by atoms with Gasteiger partial charge in [0.1, 0.15) is 11.6 Å². The molecule has 0 spiro atoms. The molecular weight excluding hydrogens is 572 g/mol. The largest absolute Gasteiger partial charge is 0.493 e. The SMILES string of the molecule is Cc1cc2c(ccc(=O)n2Cc2cc(F)cc(C(F)(F)F)c2)c(-c2ccc3c4c(ccnc24)CCO3)c1C(C)OC(C)(C)C. The Balaban J connectivity index is 1.65. The molecule has 9 heteroatoms. The van der Waals surface area contributed by atoms with Gasteiger partial charge in [0, 0.05) is 35.0 Å². The summed E-state index contributed by atoms with van der Waals surface area (Å²) < 4.78 is 68.6. The maximum absolute atomic E-state index is 14.3. The topological polar surface area (TPSA) is 53.4 Å². The van der Waals surface area contributed by atoms with Gasteiger partial charge in [-0.25, -0.2) is 4.39 Å². The van der Waals surface area contributed by atoms with Crippen molar-refractivity contribution in [2.45, 2.75) is 65.5 Å². The van der Waals surface area contributed by atoms with Crippen LogP contribution in [0.1, 0.15) is 61.6 Å². The summed E-state index contributed by atoms with van der Waals surface area (Å²) in [6.07, 6.45) is -2.57. The molecule has 1 unspecified atom stereocenters. The fourth-order valence-corrected chi connectivity index (χ4v) is 6.34. The van der Waals surface area contributed by atoms with Crippen LogP contribution in [0, 0.1) is 12.7 Å². The van der Waals surface area contributed by atoms with Crippen molar-refractivity contribution < 1.29 is 27.0 Å². The smallest absolute Gasteiger partial charge is 0.416 e. The highest BCUT2D eigenvalue weighted by Gasteiger charge is 2.32. The van der Waals surface area contributed by atoms with Gasteiger partial charge in [0.25, 0.3) is 5.56 Å². The minimum atomic E-state index is -4.73. The van der Waals surface area contributed by atoms with Gasteiger partial charge < -0.3 is 14.0 Å². The molecule has 0 bridgehead atoms. The highest BCUT2D eigenvalue weighted by molar-refractivity contribution is 6.07. The van der Waals surface area contributed by atoms with Crippen molar-refractivity contribution in [2.24, 2.45) is 0 Å². The second kappa shape index (κ2) is 10.7. The number of aromatic nitrogens is 2. The molecule has 44 heavy (non-hydrogen) atoms. The molecule has 0 fully saturated rings. The van der Waals surface area contributed by atoms with Gasteiger partial charge in [-0.3, -0.25) is 9.78 Å². The summed E-state index contributed by atoms with van der Waals surface area (Å²) in [4.78, 5) is 18.1. The summed E-state index contributed by atoms with van der Waals surface area (Å²) in [7, 11) is 0. The normalized spacial score (nSPS) is 14.2. The molecule has 228 valence electrons. The zero-order valence-corrected chi connectivity index (χ0v) is 25.1. The quantitative estimate of drug-likeness (QED) is 0.189. The van der Waals surface area contributed by atoms with Gasteiger partial charge in [0.05, 0.1) is 41.5 Å². The first-order valence-corrected chi connectivity index (χ1v) is 14.5. The van der Waals surface area contributed by atoms with Crippen LogP contribution in [0.2, 0.25) is 0 Å². The summed E-state index contributed by atoms with van der Waals surface area (Å²) >= 11 is 0. The number of fused-ring (bicyclic) bond motifs is 1. The van der Waals surface area contributed by atoms with E-state index < -0.39 is 28.7 Å². The number of hydrogen-bond donors (Lipinski definition) is 0. The molecule has 0 radical (unpaired) electrons. The second-order valence-electron chi connectivity index (χ2n) is 12.3. The van der Waals surface area contributed by atoms with E-state index >= 15 is 0 Å². The van der Waals surface area contributed by atoms with E-state index in [9.17, 15) is 22.4 Å². The van der Waals surface area contributed by atoms with Crippen molar-refractivity contribution in [1.29, 1.82) is 0 Å². The van der Waals surface area contributed by atoms with Gasteiger partial charge in [-0.15, -0.1) is 0 Å². The van der Waals surface area contributed by atoms with Gasteiger partial charge >= 0.3 is 6.18 Å². The fourth-order valence-electron chi connectivity index (χ4n) is 6.34. The monoisotopic (exact) mass is 604 g/mol. The summed E-state index contributed by atoms with van der Waals surface area (Å²) in [6, 6.07) is 13.2. The molecule has 3 heterocycles. The third-order valence-corrected chi connectivity index (χ3v) is 7.94. The Bertz CT molecular complexity index is 1980. The highest BCUT2D eigenvalue weighted by Crippen LogP contribution is 2.44. The Kier molecular flexibility index (Phi) is 7.27. The van der Waals surface area contributed by atoms with Crippen molar-refractivity contribution in [3.8, 4) is 16.9 Å². The van der Waals surface area contributed by atoms with Crippen molar-refractivity contribution in [2.75, 3.05) is 6.61 Å². The number of pyridine rings is 2. The Morgan fingerprint density at radius 3 is 2.55 bits per heavy atom. The Morgan fingerprint density at radius 2 is 1.82 bits per heavy atom. The number of hydrogen-bond acceptors (Lipinski definition) is 4. The maximum Gasteiger partial charge on any atom is 0.416 e. The van der Waals surface area contributed by atoms with E-state index in [0.29, 0.717) is 23.6 Å². The van der Waals surface area contributed by atoms with Crippen molar-refractivity contribution >= 4 is 21.8 Å². The third-order valence-electron chi connectivity index (χ3n) is 7.94. The maximum atomic E-state index is 14.3. The molecule has 0 aliphatic carbocycles. The van der Waals surface area contributed by atoms with Gasteiger partial charge in [-0.1, -0.05) is 0 Å². The van der Waals surface area contributed by atoms with E-state index in [0.717, 1.165) is 63.0 Å². The Hall–Kier alpha value is -4.24. The Morgan fingerprint density at radius 1 is 1.05 bits per heavy atom. The molecule has 0 N–H and O–H groups in total. The molecule has 0 saturated heterocycles. The van der Waals surface area contributed by atoms with E-state index in [1.807, 2.05) is 58.9 Å². The number of benzene rings is 3. The molecule has 5 aromatic rings. The molecule has 0 saturated carbocycles. The van der Waals surface area contributed by atoms with Crippen LogP contribution in [0.15, 0.2) is 65.6 Å². The van der Waals surface area contributed by atoms with Crippen LogP contribution in [0.5, 0.6) is 5.75 Å². The third kappa shape index (κ3) is 5.45. The van der Waals surface area contributed by atoms with Gasteiger partial charge in [-0.05, 0) is 111 Å². The van der Waals surface area contributed by atoms with E-state index in [2.05, 4.69) is 0 Å². The van der Waals surface area contributed by atoms with Gasteiger partial charge in [-0.2, -0.15) is 13.2 Å². The zero-order valence-electron chi connectivity index (χ0n) is 25.1. The average molecular weight is 605 g/mol. The lowest BCUT2D eigenvalue weighted by Gasteiger charge is -2.29. The number of ether oxygens (including phenoxy) is 2. The van der Waals surface area contributed by atoms with Gasteiger partial charge in [0.2, 0.25) is 0 Å². The van der Waals surface area contributed by atoms with Crippen molar-refractivity contribution in [3.63, 3.8) is 0 Å². The van der Waals surface area contributed by atoms with E-state index in [1.54, 1.807) is 12.3 Å². The predicted octanol–water partition coefficient (Wildman–Crippen LogP) is 8.54. The summed E-state index contributed by atoms with van der Waals surface area (Å²) in [5, 5.41) is 1.62. The predicted molar refractivity (Wildman–Crippen MR) is 163 cm³/mol. The highest BCUT2D eigenvalue weighted by atomic mass is 19.4. The number of rotatable bonds is 5. The van der Waals surface area contributed by atoms with Crippen LogP contribution < -0.4 is 10.3 Å². The van der Waals surface area contributed by atoms with Crippen LogP contribution in [-0.2, 0) is 23.9 Å². The van der Waals surface area contributed by atoms with Crippen LogP contribution >= 0.6 is 0 Å².